The van der Waals surface area contributed by atoms with Gasteiger partial charge < -0.3 is 15.1 Å². The van der Waals surface area contributed by atoms with Crippen molar-refractivity contribution in [1.29, 1.82) is 0 Å². The number of nitrogens with zero attached hydrogens (tertiary/aromatic N) is 3. The number of hydrogen-bond donors (Lipinski definition) is 1. The number of fused-ring (bicyclic) bond motifs is 1. The molecule has 21 heavy (non-hydrogen) atoms. The molecule has 1 N–H and O–H groups in total. The molecular formula is C17H24N4. The van der Waals surface area contributed by atoms with Crippen LogP contribution in [0.3, 0.4) is 0 Å². The van der Waals surface area contributed by atoms with Gasteiger partial charge in [-0.15, -0.1) is 0 Å². The van der Waals surface area contributed by atoms with Gasteiger partial charge in [0.2, 0.25) is 0 Å². The molecule has 2 aromatic rings. The van der Waals surface area contributed by atoms with Crippen molar-refractivity contribution in [2.45, 2.75) is 13.5 Å². The zero-order valence-electron chi connectivity index (χ0n) is 13.0. The van der Waals surface area contributed by atoms with E-state index in [4.69, 9.17) is 4.98 Å². The first-order chi connectivity index (χ1) is 10.3. The maximum Gasteiger partial charge on any atom is 0.133 e. The number of anilines is 1. The van der Waals surface area contributed by atoms with Crippen molar-refractivity contribution in [2.75, 3.05) is 44.7 Å². The molecule has 1 fully saturated rings. The van der Waals surface area contributed by atoms with E-state index in [-0.39, 0.29) is 0 Å². The lowest BCUT2D eigenvalue weighted by molar-refractivity contribution is 0.270. The summed E-state index contributed by atoms with van der Waals surface area (Å²) in [5.74, 6) is 1.15. The average Bonchev–Trinajstić information content (AvgIpc) is 2.55. The first-order valence-corrected chi connectivity index (χ1v) is 7.82. The number of rotatable bonds is 4. The Morgan fingerprint density at radius 3 is 2.62 bits per heavy atom. The van der Waals surface area contributed by atoms with E-state index in [1.807, 2.05) is 7.05 Å². The third-order valence-corrected chi connectivity index (χ3v) is 4.27. The smallest absolute Gasteiger partial charge is 0.133 e. The number of hydrogen-bond acceptors (Lipinski definition) is 4. The molecule has 4 nitrogen and oxygen atoms in total. The van der Waals surface area contributed by atoms with Crippen LogP contribution in [0.25, 0.3) is 10.9 Å². The molecule has 0 amide bonds. The Balaban J connectivity index is 1.94. The SMILES string of the molecule is CCN1CCN(c2nc3ccccc3cc2CNC)CC1. The van der Waals surface area contributed by atoms with Gasteiger partial charge in [0.1, 0.15) is 5.82 Å². The summed E-state index contributed by atoms with van der Waals surface area (Å²) in [6.45, 7) is 8.62. The molecule has 1 aliphatic heterocycles. The third-order valence-electron chi connectivity index (χ3n) is 4.27. The van der Waals surface area contributed by atoms with Crippen LogP contribution >= 0.6 is 0 Å². The molecule has 0 bridgehead atoms. The molecule has 0 spiro atoms. The van der Waals surface area contributed by atoms with Gasteiger partial charge in [-0.25, -0.2) is 4.98 Å². The Labute approximate surface area is 126 Å². The monoisotopic (exact) mass is 284 g/mol. The van der Waals surface area contributed by atoms with Gasteiger partial charge in [0.05, 0.1) is 5.52 Å². The zero-order valence-corrected chi connectivity index (χ0v) is 13.0. The van der Waals surface area contributed by atoms with Crippen molar-refractivity contribution in [3.8, 4) is 0 Å². The zero-order chi connectivity index (χ0) is 14.7. The summed E-state index contributed by atoms with van der Waals surface area (Å²) in [4.78, 5) is 9.87. The molecule has 0 aliphatic carbocycles. The summed E-state index contributed by atoms with van der Waals surface area (Å²) in [6.07, 6.45) is 0. The van der Waals surface area contributed by atoms with Gasteiger partial charge in [-0.05, 0) is 25.7 Å². The van der Waals surface area contributed by atoms with Crippen LogP contribution in [0.5, 0.6) is 0 Å². The fourth-order valence-corrected chi connectivity index (χ4v) is 3.02. The highest BCUT2D eigenvalue weighted by Gasteiger charge is 2.19. The topological polar surface area (TPSA) is 31.4 Å². The molecule has 1 saturated heterocycles. The molecule has 1 aliphatic rings. The van der Waals surface area contributed by atoms with Gasteiger partial charge in [-0.2, -0.15) is 0 Å². The largest absolute Gasteiger partial charge is 0.354 e. The van der Waals surface area contributed by atoms with Crippen LogP contribution in [0, 0.1) is 0 Å². The summed E-state index contributed by atoms with van der Waals surface area (Å²) in [5.41, 5.74) is 2.38. The highest BCUT2D eigenvalue weighted by molar-refractivity contribution is 5.81. The van der Waals surface area contributed by atoms with Gasteiger partial charge in [-0.1, -0.05) is 25.1 Å². The van der Waals surface area contributed by atoms with E-state index in [0.29, 0.717) is 0 Å². The average molecular weight is 284 g/mol. The second-order valence-corrected chi connectivity index (χ2v) is 5.62. The van der Waals surface area contributed by atoms with Crippen LogP contribution in [-0.4, -0.2) is 49.7 Å². The number of aromatic nitrogens is 1. The second-order valence-electron chi connectivity index (χ2n) is 5.62. The normalized spacial score (nSPS) is 16.6. The number of para-hydroxylation sites is 1. The van der Waals surface area contributed by atoms with Gasteiger partial charge in [0, 0.05) is 43.7 Å². The maximum absolute atomic E-state index is 4.94. The molecule has 0 unspecified atom stereocenters. The first-order valence-electron chi connectivity index (χ1n) is 7.82. The lowest BCUT2D eigenvalue weighted by Gasteiger charge is -2.35. The predicted octanol–water partition coefficient (Wildman–Crippen LogP) is 2.10. The minimum Gasteiger partial charge on any atom is -0.354 e. The molecule has 3 rings (SSSR count). The number of nitrogens with one attached hydrogen (secondary N) is 1. The van der Waals surface area contributed by atoms with Crippen LogP contribution in [-0.2, 0) is 6.54 Å². The molecular weight excluding hydrogens is 260 g/mol. The van der Waals surface area contributed by atoms with Crippen molar-refractivity contribution in [3.05, 3.63) is 35.9 Å². The quantitative estimate of drug-likeness (QED) is 0.931. The van der Waals surface area contributed by atoms with Crippen LogP contribution in [0.2, 0.25) is 0 Å². The van der Waals surface area contributed by atoms with E-state index in [2.05, 4.69) is 52.4 Å². The number of likely N-dealkylation sites (N-methyl/N-ethyl adjacent to an activating group) is 1. The van der Waals surface area contributed by atoms with E-state index in [1.54, 1.807) is 0 Å². The molecule has 0 atom stereocenters. The Morgan fingerprint density at radius 1 is 1.14 bits per heavy atom. The van der Waals surface area contributed by atoms with Crippen LogP contribution < -0.4 is 10.2 Å². The Kier molecular flexibility index (Phi) is 4.36. The predicted molar refractivity (Wildman–Crippen MR) is 88.8 cm³/mol. The number of pyridine rings is 1. The summed E-state index contributed by atoms with van der Waals surface area (Å²) >= 11 is 0. The van der Waals surface area contributed by atoms with Crippen molar-refractivity contribution in [2.24, 2.45) is 0 Å². The van der Waals surface area contributed by atoms with E-state index in [0.717, 1.165) is 50.6 Å². The number of piperazine rings is 1. The maximum atomic E-state index is 4.94. The molecule has 112 valence electrons. The van der Waals surface area contributed by atoms with Crippen LogP contribution in [0.4, 0.5) is 5.82 Å². The highest BCUT2D eigenvalue weighted by atomic mass is 15.3. The lowest BCUT2D eigenvalue weighted by Crippen LogP contribution is -2.46. The molecule has 4 heteroatoms. The van der Waals surface area contributed by atoms with Crippen molar-refractivity contribution in [1.82, 2.24) is 15.2 Å². The Bertz CT molecular complexity index is 603. The van der Waals surface area contributed by atoms with E-state index in [9.17, 15) is 0 Å². The minimum absolute atomic E-state index is 0.862. The fourth-order valence-electron chi connectivity index (χ4n) is 3.02. The van der Waals surface area contributed by atoms with E-state index in [1.165, 1.54) is 10.9 Å². The second kappa shape index (κ2) is 6.41. The standard InChI is InChI=1S/C17H24N4/c1-3-20-8-10-21(11-9-20)17-15(13-18-2)12-14-6-4-5-7-16(14)19-17/h4-7,12,18H,3,8-11,13H2,1-2H3. The molecule has 2 heterocycles. The van der Waals surface area contributed by atoms with E-state index >= 15 is 0 Å². The van der Waals surface area contributed by atoms with Crippen molar-refractivity contribution in [3.63, 3.8) is 0 Å². The summed E-state index contributed by atoms with van der Waals surface area (Å²) in [6, 6.07) is 10.7. The van der Waals surface area contributed by atoms with Crippen molar-refractivity contribution >= 4 is 16.7 Å². The Hall–Kier alpha value is -1.65. The van der Waals surface area contributed by atoms with Gasteiger partial charge >= 0.3 is 0 Å². The van der Waals surface area contributed by atoms with Gasteiger partial charge in [0.25, 0.3) is 0 Å². The van der Waals surface area contributed by atoms with Crippen LogP contribution in [0.15, 0.2) is 30.3 Å². The summed E-state index contributed by atoms with van der Waals surface area (Å²) in [7, 11) is 1.99. The Morgan fingerprint density at radius 2 is 1.90 bits per heavy atom. The summed E-state index contributed by atoms with van der Waals surface area (Å²) < 4.78 is 0. The molecule has 0 saturated carbocycles. The van der Waals surface area contributed by atoms with Crippen LogP contribution in [0.1, 0.15) is 12.5 Å². The fraction of sp³-hybridized carbons (Fsp3) is 0.471. The van der Waals surface area contributed by atoms with Crippen molar-refractivity contribution < 1.29 is 0 Å². The van der Waals surface area contributed by atoms with Gasteiger partial charge in [0.15, 0.2) is 0 Å². The summed E-state index contributed by atoms with van der Waals surface area (Å²) in [5, 5.41) is 4.49. The number of benzene rings is 1. The minimum atomic E-state index is 0.862. The molecule has 1 aromatic carbocycles. The first kappa shape index (κ1) is 14.3. The highest BCUT2D eigenvalue weighted by Crippen LogP contribution is 2.24. The third kappa shape index (κ3) is 3.01. The lowest BCUT2D eigenvalue weighted by atomic mass is 10.1. The van der Waals surface area contributed by atoms with E-state index < -0.39 is 0 Å². The molecule has 1 aromatic heterocycles. The molecule has 0 radical (unpaired) electrons. The van der Waals surface area contributed by atoms with Gasteiger partial charge in [-0.3, -0.25) is 0 Å².